The molecule has 0 radical (unpaired) electrons. The van der Waals surface area contributed by atoms with Gasteiger partial charge >= 0.3 is 0 Å². The van der Waals surface area contributed by atoms with Crippen LogP contribution in [-0.2, 0) is 12.8 Å². The molecule has 0 saturated carbocycles. The summed E-state index contributed by atoms with van der Waals surface area (Å²) in [5.41, 5.74) is 1.89. The maximum absolute atomic E-state index is 9.58. The highest BCUT2D eigenvalue weighted by molar-refractivity contribution is 7.12. The van der Waals surface area contributed by atoms with Crippen LogP contribution in [0.15, 0.2) is 0 Å². The molecule has 2 heterocycles. The summed E-state index contributed by atoms with van der Waals surface area (Å²) in [5, 5.41) is 21.1. The van der Waals surface area contributed by atoms with Gasteiger partial charge in [-0.3, -0.25) is 0 Å². The molecule has 2 aromatic rings. The predicted octanol–water partition coefficient (Wildman–Crippen LogP) is 4.30. The van der Waals surface area contributed by atoms with Crippen molar-refractivity contribution in [3.05, 3.63) is 31.2 Å². The Hall–Kier alpha value is -2.02. The second kappa shape index (κ2) is 6.83. The van der Waals surface area contributed by atoms with Gasteiger partial charge in [-0.15, -0.1) is 22.7 Å². The Morgan fingerprint density at radius 1 is 0.864 bits per heavy atom. The molecule has 0 aromatic carbocycles. The largest absolute Gasteiger partial charge is 0.240 e. The summed E-state index contributed by atoms with van der Waals surface area (Å²) in [7, 11) is 0. The van der Waals surface area contributed by atoms with Gasteiger partial charge in [0.25, 0.3) is 0 Å². The standard InChI is InChI=1S/C16H16N4S2/c1-5-13-19-15(9(3)21-13)11(7-17)12(8-18)16-10(4)22-14(6-2)20-16/h5-6H2,1-4H3. The quantitative estimate of drug-likeness (QED) is 0.784. The van der Waals surface area contributed by atoms with Crippen LogP contribution in [0.1, 0.15) is 45.0 Å². The average molecular weight is 328 g/mol. The first-order valence-electron chi connectivity index (χ1n) is 7.03. The Labute approximate surface area is 138 Å². The summed E-state index contributed by atoms with van der Waals surface area (Å²) in [6.07, 6.45) is 1.64. The first-order chi connectivity index (χ1) is 10.5. The van der Waals surface area contributed by atoms with Crippen LogP contribution in [0.3, 0.4) is 0 Å². The zero-order valence-electron chi connectivity index (χ0n) is 13.0. The fourth-order valence-electron chi connectivity index (χ4n) is 2.12. The Kier molecular flexibility index (Phi) is 5.07. The minimum Gasteiger partial charge on any atom is -0.240 e. The molecule has 0 amide bonds. The Balaban J connectivity index is 2.68. The van der Waals surface area contributed by atoms with E-state index in [0.717, 1.165) is 32.6 Å². The van der Waals surface area contributed by atoms with E-state index in [0.29, 0.717) is 22.5 Å². The molecule has 0 N–H and O–H groups in total. The predicted molar refractivity (Wildman–Crippen MR) is 90.5 cm³/mol. The molecule has 0 saturated heterocycles. The van der Waals surface area contributed by atoms with Crippen LogP contribution in [0.2, 0.25) is 0 Å². The first-order valence-corrected chi connectivity index (χ1v) is 8.66. The SMILES string of the molecule is CCc1nc(C(C#N)=C(C#N)c2nc(CC)sc2C)c(C)s1. The van der Waals surface area contributed by atoms with E-state index in [9.17, 15) is 10.5 Å². The molecule has 0 fully saturated rings. The summed E-state index contributed by atoms with van der Waals surface area (Å²) in [6.45, 7) is 7.93. The molecule has 0 bridgehead atoms. The number of aryl methyl sites for hydroxylation is 4. The van der Waals surface area contributed by atoms with Crippen molar-refractivity contribution < 1.29 is 0 Å². The van der Waals surface area contributed by atoms with Crippen molar-refractivity contribution in [3.8, 4) is 12.1 Å². The number of rotatable bonds is 4. The lowest BCUT2D eigenvalue weighted by Crippen LogP contribution is -1.94. The number of thiazole rings is 2. The lowest BCUT2D eigenvalue weighted by molar-refractivity contribution is 1.08. The number of hydrogen-bond acceptors (Lipinski definition) is 6. The van der Waals surface area contributed by atoms with Gasteiger partial charge in [-0.2, -0.15) is 10.5 Å². The number of allylic oxidation sites excluding steroid dienone is 2. The molecule has 2 rings (SSSR count). The van der Waals surface area contributed by atoms with Gasteiger partial charge in [0.15, 0.2) is 0 Å². The van der Waals surface area contributed by atoms with Crippen molar-refractivity contribution in [1.29, 1.82) is 10.5 Å². The minimum absolute atomic E-state index is 0.326. The van der Waals surface area contributed by atoms with Crippen molar-refractivity contribution in [3.63, 3.8) is 0 Å². The molecule has 4 nitrogen and oxygen atoms in total. The number of hydrogen-bond donors (Lipinski definition) is 0. The second-order valence-electron chi connectivity index (χ2n) is 4.71. The minimum atomic E-state index is 0.326. The highest BCUT2D eigenvalue weighted by atomic mass is 32.1. The second-order valence-corrected chi connectivity index (χ2v) is 7.28. The Bertz CT molecular complexity index is 744. The average Bonchev–Trinajstić information content (AvgIpc) is 3.07. The van der Waals surface area contributed by atoms with Gasteiger partial charge in [0.05, 0.1) is 32.5 Å². The van der Waals surface area contributed by atoms with Gasteiger partial charge in [-0.25, -0.2) is 9.97 Å². The van der Waals surface area contributed by atoms with E-state index in [1.165, 1.54) is 0 Å². The van der Waals surface area contributed by atoms with E-state index in [1.54, 1.807) is 22.7 Å². The zero-order valence-corrected chi connectivity index (χ0v) is 14.7. The van der Waals surface area contributed by atoms with Gasteiger partial charge in [-0.1, -0.05) is 13.8 Å². The van der Waals surface area contributed by atoms with Crippen LogP contribution in [0.5, 0.6) is 0 Å². The third-order valence-corrected chi connectivity index (χ3v) is 5.46. The number of nitrogens with zero attached hydrogens (tertiary/aromatic N) is 4. The van der Waals surface area contributed by atoms with Gasteiger partial charge < -0.3 is 0 Å². The van der Waals surface area contributed by atoms with Crippen LogP contribution in [0.4, 0.5) is 0 Å². The van der Waals surface area contributed by atoms with E-state index in [4.69, 9.17) is 0 Å². The van der Waals surface area contributed by atoms with E-state index >= 15 is 0 Å². The smallest absolute Gasteiger partial charge is 0.103 e. The summed E-state index contributed by atoms with van der Waals surface area (Å²) >= 11 is 3.14. The molecule has 22 heavy (non-hydrogen) atoms. The molecular weight excluding hydrogens is 312 g/mol. The van der Waals surface area contributed by atoms with E-state index in [-0.39, 0.29) is 0 Å². The van der Waals surface area contributed by atoms with Crippen LogP contribution in [-0.4, -0.2) is 9.97 Å². The Morgan fingerprint density at radius 3 is 1.45 bits per heavy atom. The molecule has 0 aliphatic rings. The van der Waals surface area contributed by atoms with Crippen LogP contribution < -0.4 is 0 Å². The molecule has 0 spiro atoms. The molecule has 0 atom stereocenters. The maximum Gasteiger partial charge on any atom is 0.103 e. The summed E-state index contributed by atoms with van der Waals surface area (Å²) in [6, 6.07) is 4.33. The lowest BCUT2D eigenvalue weighted by atomic mass is 10.0. The molecular formula is C16H16N4S2. The molecule has 0 unspecified atom stereocenters. The third kappa shape index (κ3) is 2.94. The molecule has 2 aromatic heterocycles. The molecule has 0 aliphatic carbocycles. The van der Waals surface area contributed by atoms with Gasteiger partial charge in [0, 0.05) is 9.75 Å². The Morgan fingerprint density at radius 2 is 1.23 bits per heavy atom. The van der Waals surface area contributed by atoms with Crippen molar-refractivity contribution >= 4 is 33.8 Å². The number of nitriles is 2. The van der Waals surface area contributed by atoms with Crippen molar-refractivity contribution in [2.45, 2.75) is 40.5 Å². The van der Waals surface area contributed by atoms with E-state index < -0.39 is 0 Å². The summed E-state index contributed by atoms with van der Waals surface area (Å²) in [5.74, 6) is 0. The van der Waals surface area contributed by atoms with Crippen molar-refractivity contribution in [2.24, 2.45) is 0 Å². The van der Waals surface area contributed by atoms with Gasteiger partial charge in [0.2, 0.25) is 0 Å². The highest BCUT2D eigenvalue weighted by Crippen LogP contribution is 2.32. The number of aromatic nitrogens is 2. The van der Waals surface area contributed by atoms with E-state index in [2.05, 4.69) is 22.1 Å². The zero-order chi connectivity index (χ0) is 16.3. The fourth-order valence-corrected chi connectivity index (χ4v) is 3.88. The molecule has 0 aliphatic heterocycles. The monoisotopic (exact) mass is 328 g/mol. The summed E-state index contributed by atoms with van der Waals surface area (Å²) in [4.78, 5) is 11.0. The maximum atomic E-state index is 9.58. The highest BCUT2D eigenvalue weighted by Gasteiger charge is 2.21. The van der Waals surface area contributed by atoms with Crippen LogP contribution in [0, 0.1) is 36.5 Å². The normalized spacial score (nSPS) is 11.7. The van der Waals surface area contributed by atoms with Gasteiger partial charge in [0.1, 0.15) is 12.1 Å². The van der Waals surface area contributed by atoms with Crippen LogP contribution in [0.25, 0.3) is 11.1 Å². The molecule has 112 valence electrons. The van der Waals surface area contributed by atoms with E-state index in [1.807, 2.05) is 27.7 Å². The first kappa shape index (κ1) is 16.4. The molecule has 6 heteroatoms. The van der Waals surface area contributed by atoms with Crippen molar-refractivity contribution in [1.82, 2.24) is 9.97 Å². The van der Waals surface area contributed by atoms with Crippen molar-refractivity contribution in [2.75, 3.05) is 0 Å². The topological polar surface area (TPSA) is 73.4 Å². The van der Waals surface area contributed by atoms with Crippen LogP contribution >= 0.6 is 22.7 Å². The fraction of sp³-hybridized carbons (Fsp3) is 0.375. The third-order valence-electron chi connectivity index (χ3n) is 3.23. The van der Waals surface area contributed by atoms with Gasteiger partial charge in [-0.05, 0) is 26.7 Å². The lowest BCUT2D eigenvalue weighted by Gasteiger charge is -2.01. The summed E-state index contributed by atoms with van der Waals surface area (Å²) < 4.78 is 0.